The van der Waals surface area contributed by atoms with Gasteiger partial charge in [-0.25, -0.2) is 4.98 Å². The molecule has 0 saturated carbocycles. The van der Waals surface area contributed by atoms with Gasteiger partial charge >= 0.3 is 0 Å². The maximum atomic E-state index is 8.94. The minimum absolute atomic E-state index is 0.494. The molecular weight excluding hydrogens is 316 g/mol. The lowest BCUT2D eigenvalue weighted by Gasteiger charge is -2.24. The second-order valence-electron chi connectivity index (χ2n) is 5.01. The molecule has 20 heavy (non-hydrogen) atoms. The molecule has 4 nitrogen and oxygen atoms in total. The molecule has 1 aliphatic heterocycles. The fourth-order valence-electron chi connectivity index (χ4n) is 2.68. The Balaban J connectivity index is 1.99. The summed E-state index contributed by atoms with van der Waals surface area (Å²) in [5, 5.41) is 12.4. The number of nitrogens with one attached hydrogen (secondary N) is 1. The van der Waals surface area contributed by atoms with E-state index >= 15 is 0 Å². The monoisotopic (exact) mass is 330 g/mol. The minimum atomic E-state index is 0.494. The Morgan fingerprint density at radius 3 is 3.05 bits per heavy atom. The predicted molar refractivity (Wildman–Crippen MR) is 80.8 cm³/mol. The largest absolute Gasteiger partial charge is 0.316 e. The van der Waals surface area contributed by atoms with Crippen molar-refractivity contribution in [3.05, 3.63) is 46.5 Å². The summed E-state index contributed by atoms with van der Waals surface area (Å²) in [7, 11) is 0. The van der Waals surface area contributed by atoms with Crippen LogP contribution in [-0.4, -0.2) is 22.6 Å². The van der Waals surface area contributed by atoms with Crippen LogP contribution in [0.15, 0.2) is 35.2 Å². The maximum Gasteiger partial charge on any atom is 0.0994 e. The van der Waals surface area contributed by atoms with Crippen molar-refractivity contribution in [2.45, 2.75) is 18.8 Å². The van der Waals surface area contributed by atoms with Crippen LogP contribution in [0, 0.1) is 11.3 Å². The van der Waals surface area contributed by atoms with Gasteiger partial charge in [0, 0.05) is 28.8 Å². The summed E-state index contributed by atoms with van der Waals surface area (Å²) in [4.78, 5) is 4.31. The zero-order chi connectivity index (χ0) is 13.9. The van der Waals surface area contributed by atoms with Crippen molar-refractivity contribution >= 4 is 15.9 Å². The van der Waals surface area contributed by atoms with E-state index in [1.807, 2.05) is 30.7 Å². The van der Waals surface area contributed by atoms with Crippen LogP contribution in [0.4, 0.5) is 0 Å². The third kappa shape index (κ3) is 2.49. The summed E-state index contributed by atoms with van der Waals surface area (Å²) in [6.07, 6.45) is 6.18. The predicted octanol–water partition coefficient (Wildman–Crippen LogP) is 2.97. The number of imidazole rings is 1. The Labute approximate surface area is 126 Å². The molecule has 1 fully saturated rings. The van der Waals surface area contributed by atoms with Crippen LogP contribution in [-0.2, 0) is 0 Å². The minimum Gasteiger partial charge on any atom is -0.316 e. The van der Waals surface area contributed by atoms with E-state index in [-0.39, 0.29) is 0 Å². The van der Waals surface area contributed by atoms with Gasteiger partial charge in [0.1, 0.15) is 0 Å². The Hall–Kier alpha value is -1.64. The zero-order valence-electron chi connectivity index (χ0n) is 11.0. The van der Waals surface area contributed by atoms with Crippen molar-refractivity contribution in [2.24, 2.45) is 0 Å². The van der Waals surface area contributed by atoms with E-state index in [0.717, 1.165) is 23.2 Å². The number of hydrogen-bond donors (Lipinski definition) is 1. The zero-order valence-corrected chi connectivity index (χ0v) is 12.6. The molecule has 0 bridgehead atoms. The molecule has 1 aromatic carbocycles. The summed E-state index contributed by atoms with van der Waals surface area (Å²) in [5.41, 5.74) is 2.91. The standard InChI is InChI=1S/C15H15BrN4/c16-13-6-11(7-17)3-4-14(13)20-10-19-9-15(20)12-2-1-5-18-8-12/h3-4,6,9-10,12,18H,1-2,5,8H2. The number of nitriles is 1. The summed E-state index contributed by atoms with van der Waals surface area (Å²) < 4.78 is 3.03. The number of rotatable bonds is 2. The van der Waals surface area contributed by atoms with Gasteiger partial charge in [0.05, 0.1) is 23.6 Å². The average Bonchev–Trinajstić information content (AvgIpc) is 2.97. The lowest BCUT2D eigenvalue weighted by atomic mass is 9.96. The van der Waals surface area contributed by atoms with Crippen LogP contribution in [0.5, 0.6) is 0 Å². The second-order valence-corrected chi connectivity index (χ2v) is 5.86. The first-order chi connectivity index (χ1) is 9.79. The molecule has 2 heterocycles. The smallest absolute Gasteiger partial charge is 0.0994 e. The molecule has 1 aromatic heterocycles. The molecular formula is C15H15BrN4. The highest BCUT2D eigenvalue weighted by atomic mass is 79.9. The topological polar surface area (TPSA) is 53.6 Å². The molecule has 1 saturated heterocycles. The van der Waals surface area contributed by atoms with Gasteiger partial charge in [-0.3, -0.25) is 0 Å². The van der Waals surface area contributed by atoms with Crippen molar-refractivity contribution in [2.75, 3.05) is 13.1 Å². The maximum absolute atomic E-state index is 8.94. The summed E-state index contributed by atoms with van der Waals surface area (Å²) >= 11 is 3.55. The van der Waals surface area contributed by atoms with E-state index in [9.17, 15) is 0 Å². The Kier molecular flexibility index (Phi) is 3.86. The fraction of sp³-hybridized carbons (Fsp3) is 0.333. The average molecular weight is 331 g/mol. The number of benzene rings is 1. The van der Waals surface area contributed by atoms with Crippen LogP contribution in [0.3, 0.4) is 0 Å². The number of halogens is 1. The number of nitrogens with zero attached hydrogens (tertiary/aromatic N) is 3. The quantitative estimate of drug-likeness (QED) is 0.920. The molecule has 102 valence electrons. The van der Waals surface area contributed by atoms with Gasteiger partial charge in [-0.05, 0) is 53.5 Å². The molecule has 3 rings (SSSR count). The molecule has 1 atom stereocenters. The van der Waals surface area contributed by atoms with E-state index < -0.39 is 0 Å². The van der Waals surface area contributed by atoms with E-state index in [4.69, 9.17) is 5.26 Å². The molecule has 0 aliphatic carbocycles. The summed E-state index contributed by atoms with van der Waals surface area (Å²) in [6, 6.07) is 7.80. The van der Waals surface area contributed by atoms with Crippen molar-refractivity contribution < 1.29 is 0 Å². The van der Waals surface area contributed by atoms with Gasteiger partial charge in [-0.15, -0.1) is 0 Å². The Bertz CT molecular complexity index is 650. The lowest BCUT2D eigenvalue weighted by molar-refractivity contribution is 0.451. The van der Waals surface area contributed by atoms with Crippen molar-refractivity contribution in [1.29, 1.82) is 5.26 Å². The SMILES string of the molecule is N#Cc1ccc(-n2cncc2C2CCCNC2)c(Br)c1. The highest BCUT2D eigenvalue weighted by molar-refractivity contribution is 9.10. The van der Waals surface area contributed by atoms with Gasteiger partial charge in [0.25, 0.3) is 0 Å². The molecule has 0 amide bonds. The van der Waals surface area contributed by atoms with Crippen molar-refractivity contribution in [1.82, 2.24) is 14.9 Å². The second kappa shape index (κ2) is 5.78. The van der Waals surface area contributed by atoms with E-state index in [1.165, 1.54) is 18.5 Å². The third-order valence-electron chi connectivity index (χ3n) is 3.72. The van der Waals surface area contributed by atoms with Crippen molar-refractivity contribution in [3.63, 3.8) is 0 Å². The number of piperidine rings is 1. The van der Waals surface area contributed by atoms with Crippen LogP contribution in [0.1, 0.15) is 30.0 Å². The number of hydrogen-bond acceptors (Lipinski definition) is 3. The fourth-order valence-corrected chi connectivity index (χ4v) is 3.25. The van der Waals surface area contributed by atoms with Gasteiger partial charge in [0.15, 0.2) is 0 Å². The normalized spacial score (nSPS) is 18.7. The molecule has 1 N–H and O–H groups in total. The molecule has 0 radical (unpaired) electrons. The van der Waals surface area contributed by atoms with E-state index in [0.29, 0.717) is 11.5 Å². The molecule has 0 spiro atoms. The van der Waals surface area contributed by atoms with Crippen LogP contribution in [0.25, 0.3) is 5.69 Å². The molecule has 1 aliphatic rings. The summed E-state index contributed by atoms with van der Waals surface area (Å²) in [6.45, 7) is 2.10. The van der Waals surface area contributed by atoms with E-state index in [1.54, 1.807) is 0 Å². The van der Waals surface area contributed by atoms with Crippen LogP contribution >= 0.6 is 15.9 Å². The Morgan fingerprint density at radius 1 is 1.45 bits per heavy atom. The first-order valence-electron chi connectivity index (χ1n) is 6.72. The summed E-state index contributed by atoms with van der Waals surface area (Å²) in [5.74, 6) is 0.494. The van der Waals surface area contributed by atoms with Gasteiger partial charge in [-0.1, -0.05) is 0 Å². The highest BCUT2D eigenvalue weighted by Crippen LogP contribution is 2.29. The highest BCUT2D eigenvalue weighted by Gasteiger charge is 2.20. The first-order valence-corrected chi connectivity index (χ1v) is 7.52. The molecule has 1 unspecified atom stereocenters. The van der Waals surface area contributed by atoms with Gasteiger partial charge in [-0.2, -0.15) is 5.26 Å². The molecule has 5 heteroatoms. The van der Waals surface area contributed by atoms with Crippen molar-refractivity contribution in [3.8, 4) is 11.8 Å². The van der Waals surface area contributed by atoms with Crippen LogP contribution < -0.4 is 5.32 Å². The Morgan fingerprint density at radius 2 is 2.35 bits per heavy atom. The van der Waals surface area contributed by atoms with Gasteiger partial charge in [0.2, 0.25) is 0 Å². The third-order valence-corrected chi connectivity index (χ3v) is 4.35. The number of aromatic nitrogens is 2. The van der Waals surface area contributed by atoms with Gasteiger partial charge < -0.3 is 9.88 Å². The lowest BCUT2D eigenvalue weighted by Crippen LogP contribution is -2.29. The first kappa shape index (κ1) is 13.3. The van der Waals surface area contributed by atoms with E-state index in [2.05, 4.69) is 36.9 Å². The molecule has 2 aromatic rings. The van der Waals surface area contributed by atoms with Crippen LogP contribution in [0.2, 0.25) is 0 Å².